The van der Waals surface area contributed by atoms with Gasteiger partial charge in [-0.3, -0.25) is 29.2 Å². The molecule has 0 radical (unpaired) electrons. The number of benzene rings is 1. The number of amides is 3. The molecule has 0 spiro atoms. The fraction of sp³-hybridized carbons (Fsp3) is 0.531. The molecule has 2 aliphatic heterocycles. The van der Waals surface area contributed by atoms with E-state index in [9.17, 15) is 19.2 Å². The largest absolute Gasteiger partial charge is 0.452 e. The maximum Gasteiger partial charge on any atom is 0.310 e. The van der Waals surface area contributed by atoms with Crippen LogP contribution in [-0.4, -0.2) is 58.4 Å². The predicted octanol–water partition coefficient (Wildman–Crippen LogP) is 3.81. The summed E-state index contributed by atoms with van der Waals surface area (Å²) in [5.41, 5.74) is 4.75. The summed E-state index contributed by atoms with van der Waals surface area (Å²) in [6, 6.07) is 6.26. The van der Waals surface area contributed by atoms with Gasteiger partial charge < -0.3 is 15.4 Å². The van der Waals surface area contributed by atoms with Gasteiger partial charge in [0, 0.05) is 18.1 Å². The van der Waals surface area contributed by atoms with Crippen LogP contribution in [-0.2, 0) is 23.9 Å². The number of carbonyl (C=O) groups excluding carboxylic acids is 4. The quantitative estimate of drug-likeness (QED) is 0.473. The highest BCUT2D eigenvalue weighted by atomic mass is 16.5. The number of fused-ring (bicyclic) bond motifs is 4. The van der Waals surface area contributed by atoms with Gasteiger partial charge in [-0.25, -0.2) is 5.43 Å². The highest BCUT2D eigenvalue weighted by Gasteiger charge is 2.34. The lowest BCUT2D eigenvalue weighted by molar-refractivity contribution is -0.163. The summed E-state index contributed by atoms with van der Waals surface area (Å²) in [4.78, 5) is 57.5. The highest BCUT2D eigenvalue weighted by molar-refractivity contribution is 5.91. The van der Waals surface area contributed by atoms with E-state index in [1.807, 2.05) is 56.5 Å². The van der Waals surface area contributed by atoms with Crippen LogP contribution in [0, 0.1) is 11.8 Å². The van der Waals surface area contributed by atoms with Crippen molar-refractivity contribution in [1.82, 2.24) is 26.1 Å². The summed E-state index contributed by atoms with van der Waals surface area (Å²) in [6.07, 6.45) is 7.63. The van der Waals surface area contributed by atoms with Crippen LogP contribution in [0.2, 0.25) is 0 Å². The first-order valence-corrected chi connectivity index (χ1v) is 15.0. The van der Waals surface area contributed by atoms with Crippen molar-refractivity contribution in [3.63, 3.8) is 0 Å². The minimum absolute atomic E-state index is 0.203. The number of hydrogen-bond acceptors (Lipinski definition) is 7. The molecule has 5 atom stereocenters. The molecule has 3 N–H and O–H groups in total. The third kappa shape index (κ3) is 7.53. The number of aromatic nitrogens is 1. The lowest BCUT2D eigenvalue weighted by atomic mass is 9.98. The molecule has 2 aliphatic rings. The second-order valence-electron chi connectivity index (χ2n) is 11.7. The van der Waals surface area contributed by atoms with Crippen molar-refractivity contribution in [3.05, 3.63) is 47.8 Å². The minimum atomic E-state index is -1.04. The molecule has 10 nitrogen and oxygen atoms in total. The first-order valence-electron chi connectivity index (χ1n) is 15.0. The second-order valence-corrected chi connectivity index (χ2v) is 11.7. The fourth-order valence-electron chi connectivity index (χ4n) is 5.41. The van der Waals surface area contributed by atoms with Crippen LogP contribution >= 0.6 is 0 Å². The summed E-state index contributed by atoms with van der Waals surface area (Å²) in [5.74, 6) is -2.24. The number of carbonyl (C=O) groups is 4. The Labute approximate surface area is 247 Å². The van der Waals surface area contributed by atoms with E-state index in [1.54, 1.807) is 20.8 Å². The average Bonchev–Trinajstić information content (AvgIpc) is 2.97. The number of cyclic esters (lactones) is 1. The number of hydrazine groups is 1. The molecule has 1 fully saturated rings. The number of pyridine rings is 1. The van der Waals surface area contributed by atoms with Gasteiger partial charge in [-0.1, -0.05) is 45.4 Å². The van der Waals surface area contributed by atoms with Crippen molar-refractivity contribution in [1.29, 1.82) is 0 Å². The van der Waals surface area contributed by atoms with E-state index in [1.165, 1.54) is 5.01 Å². The number of esters is 1. The Hall–Kier alpha value is -3.79. The molecule has 0 saturated carbocycles. The highest BCUT2D eigenvalue weighted by Crippen LogP contribution is 2.23. The average molecular weight is 578 g/mol. The maximum absolute atomic E-state index is 13.3. The monoisotopic (exact) mass is 577 g/mol. The summed E-state index contributed by atoms with van der Waals surface area (Å²) >= 11 is 0. The molecule has 1 saturated heterocycles. The van der Waals surface area contributed by atoms with Crippen LogP contribution in [0.3, 0.4) is 0 Å². The SMILES string of the molecule is CCCC1CC=Cc2cc3cc(ccc3cn2)C(C)NC(=O)C2CCCN(N2)C(=O)C(C)NC(=O)C(C(C)C)OC1=O. The Balaban J connectivity index is 1.66. The van der Waals surface area contributed by atoms with Gasteiger partial charge in [-0.2, -0.15) is 0 Å². The fourth-order valence-corrected chi connectivity index (χ4v) is 5.41. The van der Waals surface area contributed by atoms with Crippen molar-refractivity contribution in [2.24, 2.45) is 11.8 Å². The summed E-state index contributed by atoms with van der Waals surface area (Å²) in [7, 11) is 0. The van der Waals surface area contributed by atoms with Crippen molar-refractivity contribution in [2.75, 3.05) is 6.54 Å². The Morgan fingerprint density at radius 1 is 1.02 bits per heavy atom. The minimum Gasteiger partial charge on any atom is -0.452 e. The third-order valence-corrected chi connectivity index (χ3v) is 7.91. The zero-order chi connectivity index (χ0) is 30.4. The molecule has 2 aromatic rings. The van der Waals surface area contributed by atoms with Crippen LogP contribution in [0.25, 0.3) is 16.8 Å². The van der Waals surface area contributed by atoms with E-state index in [-0.39, 0.29) is 23.8 Å². The number of nitrogens with one attached hydrogen (secondary N) is 3. The molecule has 5 unspecified atom stereocenters. The zero-order valence-corrected chi connectivity index (χ0v) is 25.2. The molecular formula is C32H43N5O5. The second kappa shape index (κ2) is 13.9. The molecule has 10 heteroatoms. The molecule has 4 rings (SSSR count). The van der Waals surface area contributed by atoms with Gasteiger partial charge in [0.15, 0.2) is 6.10 Å². The number of hydrogen-bond donors (Lipinski definition) is 3. The van der Waals surface area contributed by atoms with Crippen molar-refractivity contribution < 1.29 is 23.9 Å². The number of ether oxygens (including phenoxy) is 1. The Morgan fingerprint density at radius 2 is 1.79 bits per heavy atom. The van der Waals surface area contributed by atoms with Crippen LogP contribution in [0.15, 0.2) is 36.5 Å². The maximum atomic E-state index is 13.3. The predicted molar refractivity (Wildman–Crippen MR) is 161 cm³/mol. The van der Waals surface area contributed by atoms with E-state index in [4.69, 9.17) is 4.74 Å². The van der Waals surface area contributed by atoms with Crippen LogP contribution in [0.4, 0.5) is 0 Å². The van der Waals surface area contributed by atoms with Crippen molar-refractivity contribution in [2.45, 2.75) is 91.0 Å². The third-order valence-electron chi connectivity index (χ3n) is 7.91. The molecule has 3 amide bonds. The molecule has 5 bridgehead atoms. The van der Waals surface area contributed by atoms with Gasteiger partial charge in [0.25, 0.3) is 11.8 Å². The smallest absolute Gasteiger partial charge is 0.310 e. The Morgan fingerprint density at radius 3 is 2.52 bits per heavy atom. The van der Waals surface area contributed by atoms with Gasteiger partial charge in [0.05, 0.1) is 17.7 Å². The van der Waals surface area contributed by atoms with E-state index < -0.39 is 36.0 Å². The lowest BCUT2D eigenvalue weighted by Crippen LogP contribution is -2.61. The van der Waals surface area contributed by atoms with Crippen molar-refractivity contribution >= 4 is 40.5 Å². The summed E-state index contributed by atoms with van der Waals surface area (Å²) in [6.45, 7) is 9.54. The normalized spacial score (nSPS) is 26.5. The van der Waals surface area contributed by atoms with Crippen LogP contribution < -0.4 is 16.1 Å². The molecule has 42 heavy (non-hydrogen) atoms. The topological polar surface area (TPSA) is 130 Å². The Kier molecular flexibility index (Phi) is 10.3. The number of rotatable bonds is 3. The Bertz CT molecular complexity index is 1340. The van der Waals surface area contributed by atoms with E-state index >= 15 is 0 Å². The van der Waals surface area contributed by atoms with E-state index in [2.05, 4.69) is 21.0 Å². The van der Waals surface area contributed by atoms with Gasteiger partial charge >= 0.3 is 5.97 Å². The molecule has 3 heterocycles. The summed E-state index contributed by atoms with van der Waals surface area (Å²) < 4.78 is 5.76. The lowest BCUT2D eigenvalue weighted by Gasteiger charge is -2.35. The molecular weight excluding hydrogens is 534 g/mol. The van der Waals surface area contributed by atoms with Crippen LogP contribution in [0.1, 0.15) is 84.0 Å². The molecule has 226 valence electrons. The molecule has 0 aliphatic carbocycles. The first-order chi connectivity index (χ1) is 20.1. The number of allylic oxidation sites excluding steroid dienone is 1. The van der Waals surface area contributed by atoms with Crippen molar-refractivity contribution in [3.8, 4) is 0 Å². The van der Waals surface area contributed by atoms with E-state index in [0.717, 1.165) is 28.5 Å². The van der Waals surface area contributed by atoms with E-state index in [0.29, 0.717) is 32.2 Å². The van der Waals surface area contributed by atoms with Crippen LogP contribution in [0.5, 0.6) is 0 Å². The van der Waals surface area contributed by atoms with Gasteiger partial charge in [0.1, 0.15) is 12.1 Å². The van der Waals surface area contributed by atoms with Gasteiger partial charge in [-0.05, 0) is 74.6 Å². The zero-order valence-electron chi connectivity index (χ0n) is 25.2. The van der Waals surface area contributed by atoms with Gasteiger partial charge in [0.2, 0.25) is 5.91 Å². The standard InChI is InChI=1S/C32H43N5O5/c1-6-9-22-10-7-11-26-17-25-16-23(13-14-24(25)18-33-26)20(4)34-29(38)27-12-8-15-37(36-27)31(40)21(5)35-30(39)28(19(2)3)42-32(22)41/h7,11,13-14,16-22,27-28,36H,6,8-10,12,15H2,1-5H3,(H,34,38)(H,35,39). The molecule has 1 aromatic carbocycles. The first kappa shape index (κ1) is 31.2. The summed E-state index contributed by atoms with van der Waals surface area (Å²) in [5, 5.41) is 9.17. The number of nitrogens with zero attached hydrogens (tertiary/aromatic N) is 2. The molecule has 1 aromatic heterocycles. The van der Waals surface area contributed by atoms with Gasteiger partial charge in [-0.15, -0.1) is 0 Å².